The average molecular weight is 260 g/mol. The van der Waals surface area contributed by atoms with E-state index in [0.717, 1.165) is 0 Å². The van der Waals surface area contributed by atoms with E-state index in [2.05, 4.69) is 10.2 Å². The van der Waals surface area contributed by atoms with Gasteiger partial charge >= 0.3 is 0 Å². The first-order chi connectivity index (χ1) is 7.56. The number of nitrogens with two attached hydrogens (primary N) is 2. The van der Waals surface area contributed by atoms with Gasteiger partial charge in [0.2, 0.25) is 0 Å². The lowest BCUT2D eigenvalue weighted by molar-refractivity contribution is 0.539. The average Bonchev–Trinajstić information content (AvgIpc) is 2.12. The van der Waals surface area contributed by atoms with E-state index in [1.165, 1.54) is 0 Å². The lowest BCUT2D eigenvalue weighted by Crippen LogP contribution is -2.40. The van der Waals surface area contributed by atoms with Crippen LogP contribution >= 0.6 is 0 Å². The van der Waals surface area contributed by atoms with Gasteiger partial charge in [0.1, 0.15) is 0 Å². The highest BCUT2D eigenvalue weighted by Gasteiger charge is 2.46. The zero-order valence-electron chi connectivity index (χ0n) is 10.7. The lowest BCUT2D eigenvalue weighted by Gasteiger charge is -2.27. The highest BCUT2D eigenvalue weighted by Crippen LogP contribution is 2.34. The van der Waals surface area contributed by atoms with Crippen LogP contribution in [0.4, 0.5) is 0 Å². The van der Waals surface area contributed by atoms with Gasteiger partial charge in [-0.25, -0.2) is 8.42 Å². The Morgan fingerprint density at radius 3 is 1.47 bits per heavy atom. The van der Waals surface area contributed by atoms with Crippen molar-refractivity contribution >= 4 is 21.3 Å². The first-order valence-electron chi connectivity index (χ1n) is 5.33. The summed E-state index contributed by atoms with van der Waals surface area (Å²) in [6.45, 7) is 7.12. The van der Waals surface area contributed by atoms with Gasteiger partial charge in [-0.05, 0) is 0 Å². The quantitative estimate of drug-likeness (QED) is 0.475. The Hall–Kier alpha value is -1.11. The summed E-state index contributed by atoms with van der Waals surface area (Å²) in [5.41, 5.74) is -0.434. The van der Waals surface area contributed by atoms with Gasteiger partial charge in [-0.3, -0.25) is 0 Å². The van der Waals surface area contributed by atoms with Gasteiger partial charge in [0.05, 0.1) is 22.9 Å². The monoisotopic (exact) mass is 260 g/mol. The summed E-state index contributed by atoms with van der Waals surface area (Å²) in [5.74, 6) is 10.8. The third-order valence-corrected chi connectivity index (χ3v) is 5.25. The van der Waals surface area contributed by atoms with Gasteiger partial charge in [0.25, 0.3) is 0 Å². The molecule has 7 heteroatoms. The Morgan fingerprint density at radius 2 is 1.24 bits per heavy atom. The summed E-state index contributed by atoms with van der Waals surface area (Å²) in [7, 11) is -3.19. The predicted molar refractivity (Wildman–Crippen MR) is 69.5 cm³/mol. The van der Waals surface area contributed by atoms with Crippen molar-refractivity contribution in [1.29, 1.82) is 0 Å². The Labute approximate surface area is 102 Å². The fourth-order valence-electron chi connectivity index (χ4n) is 2.40. The zero-order chi connectivity index (χ0) is 13.5. The molecule has 0 saturated carbocycles. The van der Waals surface area contributed by atoms with Crippen molar-refractivity contribution in [2.75, 3.05) is 11.5 Å². The van der Waals surface area contributed by atoms with Crippen LogP contribution < -0.4 is 11.7 Å². The number of sulfone groups is 1. The number of hydrazone groups is 2. The summed E-state index contributed by atoms with van der Waals surface area (Å²) >= 11 is 0. The molecule has 1 saturated heterocycles. The summed E-state index contributed by atoms with van der Waals surface area (Å²) in [5, 5.41) is 7.43. The van der Waals surface area contributed by atoms with Crippen LogP contribution in [0.3, 0.4) is 0 Å². The molecule has 6 nitrogen and oxygen atoms in total. The molecule has 4 N–H and O–H groups in total. The SMILES string of the molecule is CC1(C)CS(=O)(=O)CC(C)(C)C(=N/N)/C1=N\N. The van der Waals surface area contributed by atoms with Crippen molar-refractivity contribution < 1.29 is 8.42 Å². The van der Waals surface area contributed by atoms with Crippen LogP contribution in [-0.2, 0) is 9.84 Å². The largest absolute Gasteiger partial charge is 0.323 e. The van der Waals surface area contributed by atoms with Gasteiger partial charge in [0.15, 0.2) is 9.84 Å². The highest BCUT2D eigenvalue weighted by molar-refractivity contribution is 7.91. The van der Waals surface area contributed by atoms with Crippen LogP contribution in [0.25, 0.3) is 0 Å². The molecule has 0 amide bonds. The van der Waals surface area contributed by atoms with Crippen LogP contribution in [0.1, 0.15) is 27.7 Å². The molecule has 1 aliphatic heterocycles. The van der Waals surface area contributed by atoms with Gasteiger partial charge in [-0.15, -0.1) is 0 Å². The highest BCUT2D eigenvalue weighted by atomic mass is 32.2. The molecule has 0 aromatic heterocycles. The molecule has 0 aromatic rings. The summed E-state index contributed by atoms with van der Waals surface area (Å²) < 4.78 is 24.1. The fourth-order valence-corrected chi connectivity index (χ4v) is 4.97. The van der Waals surface area contributed by atoms with Gasteiger partial charge < -0.3 is 11.7 Å². The topological polar surface area (TPSA) is 111 Å². The normalized spacial score (nSPS) is 31.3. The number of hydrogen-bond donors (Lipinski definition) is 2. The van der Waals surface area contributed by atoms with E-state index in [1.807, 2.05) is 0 Å². The zero-order valence-corrected chi connectivity index (χ0v) is 11.5. The molecule has 1 heterocycles. The van der Waals surface area contributed by atoms with E-state index in [-0.39, 0.29) is 11.5 Å². The molecule has 1 aliphatic rings. The van der Waals surface area contributed by atoms with E-state index in [4.69, 9.17) is 11.7 Å². The Bertz CT molecular complexity index is 437. The lowest BCUT2D eigenvalue weighted by atomic mass is 9.77. The van der Waals surface area contributed by atoms with Crippen molar-refractivity contribution in [1.82, 2.24) is 0 Å². The van der Waals surface area contributed by atoms with Crippen LogP contribution in [0.2, 0.25) is 0 Å². The predicted octanol–water partition coefficient (Wildman–Crippen LogP) is 0.0966. The maximum atomic E-state index is 12.0. The molecule has 0 bridgehead atoms. The minimum absolute atomic E-state index is 0.00150. The molecule has 0 aliphatic carbocycles. The van der Waals surface area contributed by atoms with Crippen molar-refractivity contribution in [2.24, 2.45) is 32.7 Å². The minimum Gasteiger partial charge on any atom is -0.323 e. The molecular weight excluding hydrogens is 240 g/mol. The first kappa shape index (κ1) is 14.0. The van der Waals surface area contributed by atoms with E-state index in [9.17, 15) is 8.42 Å². The molecular formula is C10H20N4O2S. The molecule has 1 fully saturated rings. The summed E-state index contributed by atoms with van der Waals surface area (Å²) in [6, 6.07) is 0. The second-order valence-corrected chi connectivity index (χ2v) is 7.82. The van der Waals surface area contributed by atoms with Crippen molar-refractivity contribution in [3.63, 3.8) is 0 Å². The van der Waals surface area contributed by atoms with Crippen LogP contribution in [0.5, 0.6) is 0 Å². The molecule has 0 aromatic carbocycles. The fraction of sp³-hybridized carbons (Fsp3) is 0.800. The van der Waals surface area contributed by atoms with Crippen LogP contribution in [0, 0.1) is 10.8 Å². The minimum atomic E-state index is -3.19. The van der Waals surface area contributed by atoms with Crippen molar-refractivity contribution in [2.45, 2.75) is 27.7 Å². The first-order valence-corrected chi connectivity index (χ1v) is 7.15. The van der Waals surface area contributed by atoms with E-state index >= 15 is 0 Å². The molecule has 98 valence electrons. The molecule has 1 rings (SSSR count). The molecule has 17 heavy (non-hydrogen) atoms. The standard InChI is InChI=1S/C10H20N4O2S/c1-9(2)5-17(15,16)6-10(3,4)8(14-12)7(9)13-11/h5-6,11-12H2,1-4H3/b13-7+,14-8+. The Morgan fingerprint density at radius 1 is 0.941 bits per heavy atom. The van der Waals surface area contributed by atoms with E-state index in [0.29, 0.717) is 11.4 Å². The maximum Gasteiger partial charge on any atom is 0.152 e. The van der Waals surface area contributed by atoms with Crippen LogP contribution in [-0.4, -0.2) is 31.3 Å². The molecule has 0 spiro atoms. The van der Waals surface area contributed by atoms with Crippen molar-refractivity contribution in [3.8, 4) is 0 Å². The van der Waals surface area contributed by atoms with Gasteiger partial charge in [-0.1, -0.05) is 27.7 Å². The van der Waals surface area contributed by atoms with E-state index < -0.39 is 20.7 Å². The Balaban J connectivity index is 3.52. The molecule has 0 unspecified atom stereocenters. The second-order valence-electron chi connectivity index (χ2n) is 5.76. The van der Waals surface area contributed by atoms with Crippen molar-refractivity contribution in [3.05, 3.63) is 0 Å². The Kier molecular flexibility index (Phi) is 3.26. The number of nitrogens with zero attached hydrogens (tertiary/aromatic N) is 2. The molecule has 0 radical (unpaired) electrons. The smallest absolute Gasteiger partial charge is 0.152 e. The van der Waals surface area contributed by atoms with Gasteiger partial charge in [0, 0.05) is 10.8 Å². The second kappa shape index (κ2) is 3.97. The summed E-state index contributed by atoms with van der Waals surface area (Å²) in [4.78, 5) is 0. The number of hydrogen-bond acceptors (Lipinski definition) is 6. The van der Waals surface area contributed by atoms with Crippen LogP contribution in [0.15, 0.2) is 10.2 Å². The van der Waals surface area contributed by atoms with Gasteiger partial charge in [-0.2, -0.15) is 10.2 Å². The maximum absolute atomic E-state index is 12.0. The van der Waals surface area contributed by atoms with E-state index in [1.54, 1.807) is 27.7 Å². The molecule has 0 atom stereocenters. The third kappa shape index (κ3) is 2.59. The number of rotatable bonds is 0. The summed E-state index contributed by atoms with van der Waals surface area (Å²) in [6.07, 6.45) is 0. The third-order valence-electron chi connectivity index (χ3n) is 2.93.